The smallest absolute Gasteiger partial charge is 0.222 e. The molecule has 2 rings (SSSR count). The number of aromatic nitrogens is 2. The molecule has 1 aromatic heterocycles. The number of nitrogen functional groups attached to an aromatic ring is 2. The molecule has 6 nitrogen and oxygen atoms in total. The Morgan fingerprint density at radius 3 is 2.11 bits per heavy atom. The van der Waals surface area contributed by atoms with Gasteiger partial charge in [-0.05, 0) is 12.1 Å². The van der Waals surface area contributed by atoms with Gasteiger partial charge in [-0.15, -0.1) is 0 Å². The third-order valence-electron chi connectivity index (χ3n) is 2.45. The van der Waals surface area contributed by atoms with Crippen LogP contribution in [0.15, 0.2) is 24.3 Å². The van der Waals surface area contributed by atoms with Gasteiger partial charge in [-0.1, -0.05) is 6.07 Å². The topological polar surface area (TPSA) is 96.3 Å². The maximum absolute atomic E-state index is 5.67. The van der Waals surface area contributed by atoms with Crippen LogP contribution in [0.25, 0.3) is 11.3 Å². The van der Waals surface area contributed by atoms with E-state index >= 15 is 0 Å². The third kappa shape index (κ3) is 2.13. The van der Waals surface area contributed by atoms with Gasteiger partial charge in [0.2, 0.25) is 5.95 Å². The van der Waals surface area contributed by atoms with Crippen molar-refractivity contribution < 1.29 is 9.47 Å². The summed E-state index contributed by atoms with van der Waals surface area (Å²) in [7, 11) is 3.15. The average molecular weight is 246 g/mol. The van der Waals surface area contributed by atoms with Gasteiger partial charge in [0.05, 0.1) is 25.5 Å². The standard InChI is InChI=1S/C12H14N4O2/c1-17-8-4-3-5-9(18-2)11(8)7-6-10(13)16-12(14)15-7/h3-6H,1-2H3,(H4,13,14,15,16). The van der Waals surface area contributed by atoms with Crippen LogP contribution in [0, 0.1) is 0 Å². The van der Waals surface area contributed by atoms with Crippen LogP contribution in [0.5, 0.6) is 11.5 Å². The predicted octanol–water partition coefficient (Wildman–Crippen LogP) is 1.33. The second-order valence-corrected chi connectivity index (χ2v) is 3.57. The number of hydrogen-bond acceptors (Lipinski definition) is 6. The van der Waals surface area contributed by atoms with Gasteiger partial charge < -0.3 is 20.9 Å². The number of anilines is 2. The lowest BCUT2D eigenvalue weighted by atomic mass is 10.1. The monoisotopic (exact) mass is 246 g/mol. The molecule has 1 heterocycles. The first-order valence-electron chi connectivity index (χ1n) is 5.27. The molecule has 6 heteroatoms. The SMILES string of the molecule is COc1cccc(OC)c1-c1cc(N)nc(N)n1. The summed E-state index contributed by atoms with van der Waals surface area (Å²) in [6, 6.07) is 7.07. The highest BCUT2D eigenvalue weighted by atomic mass is 16.5. The molecule has 18 heavy (non-hydrogen) atoms. The molecule has 0 aliphatic carbocycles. The van der Waals surface area contributed by atoms with Crippen molar-refractivity contribution in [2.75, 3.05) is 25.7 Å². The zero-order valence-corrected chi connectivity index (χ0v) is 10.2. The van der Waals surface area contributed by atoms with E-state index in [4.69, 9.17) is 20.9 Å². The normalized spacial score (nSPS) is 10.1. The molecule has 4 N–H and O–H groups in total. The fourth-order valence-corrected chi connectivity index (χ4v) is 1.72. The van der Waals surface area contributed by atoms with Crippen LogP contribution in [0.1, 0.15) is 0 Å². The molecule has 2 aromatic rings. The van der Waals surface area contributed by atoms with E-state index in [0.717, 1.165) is 0 Å². The van der Waals surface area contributed by atoms with Crippen LogP contribution in [-0.4, -0.2) is 24.2 Å². The Hall–Kier alpha value is -2.50. The van der Waals surface area contributed by atoms with Gasteiger partial charge in [0, 0.05) is 6.07 Å². The second-order valence-electron chi connectivity index (χ2n) is 3.57. The summed E-state index contributed by atoms with van der Waals surface area (Å²) in [5.41, 5.74) is 12.5. The van der Waals surface area contributed by atoms with E-state index < -0.39 is 0 Å². The highest BCUT2D eigenvalue weighted by Crippen LogP contribution is 2.37. The first kappa shape index (κ1) is 12.0. The maximum atomic E-state index is 5.67. The van der Waals surface area contributed by atoms with E-state index in [-0.39, 0.29) is 5.95 Å². The Labute approximate surface area is 105 Å². The molecule has 0 saturated carbocycles. The molecule has 0 spiro atoms. The van der Waals surface area contributed by atoms with E-state index in [1.807, 2.05) is 18.2 Å². The van der Waals surface area contributed by atoms with Crippen LogP contribution < -0.4 is 20.9 Å². The number of rotatable bonds is 3. The Kier molecular flexibility index (Phi) is 3.18. The summed E-state index contributed by atoms with van der Waals surface area (Å²) in [4.78, 5) is 7.98. The van der Waals surface area contributed by atoms with E-state index in [9.17, 15) is 0 Å². The van der Waals surface area contributed by atoms with Crippen molar-refractivity contribution in [3.05, 3.63) is 24.3 Å². The van der Waals surface area contributed by atoms with Crippen molar-refractivity contribution in [1.82, 2.24) is 9.97 Å². The largest absolute Gasteiger partial charge is 0.496 e. The lowest BCUT2D eigenvalue weighted by molar-refractivity contribution is 0.397. The van der Waals surface area contributed by atoms with Crippen LogP contribution in [0.3, 0.4) is 0 Å². The molecule has 1 aromatic carbocycles. The minimum Gasteiger partial charge on any atom is -0.496 e. The minimum absolute atomic E-state index is 0.109. The Bertz CT molecular complexity index is 529. The number of nitrogens with two attached hydrogens (primary N) is 2. The molecule has 0 saturated heterocycles. The van der Waals surface area contributed by atoms with Gasteiger partial charge in [0.15, 0.2) is 0 Å². The Morgan fingerprint density at radius 2 is 1.61 bits per heavy atom. The summed E-state index contributed by atoms with van der Waals surface area (Å²) in [5, 5.41) is 0. The van der Waals surface area contributed by atoms with Crippen molar-refractivity contribution in [3.8, 4) is 22.8 Å². The Balaban J connectivity index is 2.68. The summed E-state index contributed by atoms with van der Waals surface area (Å²) in [6.07, 6.45) is 0. The Morgan fingerprint density at radius 1 is 1.00 bits per heavy atom. The number of ether oxygens (including phenoxy) is 2. The van der Waals surface area contributed by atoms with E-state index in [1.165, 1.54) is 0 Å². The van der Waals surface area contributed by atoms with E-state index in [0.29, 0.717) is 28.6 Å². The second kappa shape index (κ2) is 4.79. The molecule has 0 unspecified atom stereocenters. The summed E-state index contributed by atoms with van der Waals surface area (Å²) in [5.74, 6) is 1.67. The predicted molar refractivity (Wildman–Crippen MR) is 69.4 cm³/mol. The van der Waals surface area contributed by atoms with Crippen molar-refractivity contribution in [2.45, 2.75) is 0 Å². The number of benzene rings is 1. The highest BCUT2D eigenvalue weighted by Gasteiger charge is 2.14. The number of hydrogen-bond donors (Lipinski definition) is 2. The van der Waals surface area contributed by atoms with Crippen LogP contribution in [0.2, 0.25) is 0 Å². The number of nitrogens with zero attached hydrogens (tertiary/aromatic N) is 2. The summed E-state index contributed by atoms with van der Waals surface area (Å²) in [6.45, 7) is 0. The van der Waals surface area contributed by atoms with E-state index in [1.54, 1.807) is 20.3 Å². The molecule has 0 bridgehead atoms. The summed E-state index contributed by atoms with van der Waals surface area (Å²) < 4.78 is 10.6. The van der Waals surface area contributed by atoms with Gasteiger partial charge in [-0.3, -0.25) is 0 Å². The van der Waals surface area contributed by atoms with Gasteiger partial charge >= 0.3 is 0 Å². The van der Waals surface area contributed by atoms with Crippen molar-refractivity contribution in [3.63, 3.8) is 0 Å². The molecule has 94 valence electrons. The number of methoxy groups -OCH3 is 2. The molecular formula is C12H14N4O2. The van der Waals surface area contributed by atoms with Gasteiger partial charge in [-0.25, -0.2) is 4.98 Å². The third-order valence-corrected chi connectivity index (χ3v) is 2.45. The van der Waals surface area contributed by atoms with Crippen molar-refractivity contribution >= 4 is 11.8 Å². The maximum Gasteiger partial charge on any atom is 0.222 e. The lowest BCUT2D eigenvalue weighted by Crippen LogP contribution is -2.02. The van der Waals surface area contributed by atoms with Crippen molar-refractivity contribution in [2.24, 2.45) is 0 Å². The first-order valence-corrected chi connectivity index (χ1v) is 5.27. The zero-order valence-electron chi connectivity index (χ0n) is 10.2. The fraction of sp³-hybridized carbons (Fsp3) is 0.167. The van der Waals surface area contributed by atoms with Gasteiger partial charge in [-0.2, -0.15) is 4.98 Å². The quantitative estimate of drug-likeness (QED) is 0.848. The molecule has 0 aliphatic heterocycles. The molecule has 0 amide bonds. The van der Waals surface area contributed by atoms with Crippen molar-refractivity contribution in [1.29, 1.82) is 0 Å². The summed E-state index contributed by atoms with van der Waals surface area (Å²) >= 11 is 0. The van der Waals surface area contributed by atoms with Crippen LogP contribution in [0.4, 0.5) is 11.8 Å². The zero-order chi connectivity index (χ0) is 13.1. The molecule has 0 fully saturated rings. The van der Waals surface area contributed by atoms with Crippen LogP contribution in [-0.2, 0) is 0 Å². The fourth-order valence-electron chi connectivity index (χ4n) is 1.72. The van der Waals surface area contributed by atoms with Crippen LogP contribution >= 0.6 is 0 Å². The highest BCUT2D eigenvalue weighted by molar-refractivity contribution is 5.76. The first-order chi connectivity index (χ1) is 8.65. The van der Waals surface area contributed by atoms with Gasteiger partial charge in [0.25, 0.3) is 0 Å². The van der Waals surface area contributed by atoms with Gasteiger partial charge in [0.1, 0.15) is 17.3 Å². The lowest BCUT2D eigenvalue weighted by Gasteiger charge is -2.12. The molecular weight excluding hydrogens is 232 g/mol. The molecule has 0 atom stereocenters. The van der Waals surface area contributed by atoms with E-state index in [2.05, 4.69) is 9.97 Å². The minimum atomic E-state index is 0.109. The molecule has 0 radical (unpaired) electrons. The molecule has 0 aliphatic rings. The average Bonchev–Trinajstić information content (AvgIpc) is 2.36.